The predicted molar refractivity (Wildman–Crippen MR) is 217 cm³/mol. The number of rotatable bonds is 5. The smallest absolute Gasteiger partial charge is 0.101 e. The van der Waals surface area contributed by atoms with Crippen molar-refractivity contribution in [3.63, 3.8) is 0 Å². The third kappa shape index (κ3) is 4.62. The summed E-state index contributed by atoms with van der Waals surface area (Å²) in [5.41, 5.74) is 9.52. The van der Waals surface area contributed by atoms with E-state index in [2.05, 4.69) is 166 Å². The van der Waals surface area contributed by atoms with Gasteiger partial charge in [0.15, 0.2) is 0 Å². The molecule has 53 heavy (non-hydrogen) atoms. The summed E-state index contributed by atoms with van der Waals surface area (Å²) in [6.45, 7) is 0. The van der Waals surface area contributed by atoms with Gasteiger partial charge >= 0.3 is 0 Å². The normalized spacial score (nSPS) is 11.4. The van der Waals surface area contributed by atoms with Crippen LogP contribution in [-0.2, 0) is 0 Å². The zero-order valence-corrected chi connectivity index (χ0v) is 28.5. The van der Waals surface area contributed by atoms with Gasteiger partial charge in [0.1, 0.15) is 12.1 Å². The summed E-state index contributed by atoms with van der Waals surface area (Å²) in [5, 5.41) is 27.5. The minimum absolute atomic E-state index is 0.332. The molecule has 0 atom stereocenters. The number of nitriles is 2. The largest absolute Gasteiger partial charge is 0.310 e. The van der Waals surface area contributed by atoms with E-state index < -0.39 is 0 Å². The molecule has 0 N–H and O–H groups in total. The molecular weight excluding hydrogens is 647 g/mol. The number of benzene rings is 8. The van der Waals surface area contributed by atoms with Gasteiger partial charge in [0, 0.05) is 38.6 Å². The summed E-state index contributed by atoms with van der Waals surface area (Å²) in [4.78, 5) is 2.28. The van der Waals surface area contributed by atoms with Crippen LogP contribution in [0.2, 0.25) is 0 Å². The highest BCUT2D eigenvalue weighted by atomic mass is 15.1. The SMILES string of the molecule is N#Cc1cc(-n2c3ccccc3c3ccccc32)c(-n2c3ccc(N(c4ccccc4)c4ccccc4)cc3c3c4ccccc4ccc32)cc1C#N. The van der Waals surface area contributed by atoms with Gasteiger partial charge in [-0.15, -0.1) is 0 Å². The molecule has 10 aromatic rings. The second-order valence-corrected chi connectivity index (χ2v) is 13.2. The lowest BCUT2D eigenvalue weighted by Gasteiger charge is -2.25. The summed E-state index contributed by atoms with van der Waals surface area (Å²) in [6.07, 6.45) is 0. The summed E-state index contributed by atoms with van der Waals surface area (Å²) >= 11 is 0. The number of aromatic nitrogens is 2. The lowest BCUT2D eigenvalue weighted by molar-refractivity contribution is 1.09. The molecule has 2 heterocycles. The van der Waals surface area contributed by atoms with E-state index in [1.54, 1.807) is 0 Å². The molecule has 0 aliphatic carbocycles. The first kappa shape index (κ1) is 30.2. The van der Waals surface area contributed by atoms with Crippen LogP contribution in [0.5, 0.6) is 0 Å². The molecule has 0 aliphatic heterocycles. The molecule has 246 valence electrons. The molecule has 5 nitrogen and oxygen atoms in total. The number of hydrogen-bond acceptors (Lipinski definition) is 3. The second kappa shape index (κ2) is 12.0. The zero-order chi connectivity index (χ0) is 35.5. The van der Waals surface area contributed by atoms with E-state index in [-0.39, 0.29) is 0 Å². The van der Waals surface area contributed by atoms with Crippen LogP contribution in [-0.4, -0.2) is 9.13 Å². The van der Waals surface area contributed by atoms with Gasteiger partial charge in [-0.05, 0) is 83.6 Å². The Morgan fingerprint density at radius 3 is 1.43 bits per heavy atom. The Hall–Kier alpha value is -7.60. The molecule has 0 radical (unpaired) electrons. The molecule has 5 heteroatoms. The molecule has 0 saturated heterocycles. The van der Waals surface area contributed by atoms with Crippen molar-refractivity contribution >= 4 is 71.4 Å². The first-order valence-electron chi connectivity index (χ1n) is 17.6. The number of anilines is 3. The molecule has 0 aliphatic rings. The molecule has 0 fully saturated rings. The van der Waals surface area contributed by atoms with Crippen LogP contribution >= 0.6 is 0 Å². The molecule has 0 spiro atoms. The molecule has 0 unspecified atom stereocenters. The third-order valence-electron chi connectivity index (χ3n) is 10.3. The van der Waals surface area contributed by atoms with Crippen LogP contribution in [0.4, 0.5) is 17.1 Å². The standard InChI is InChI=1S/C48H29N5/c49-30-33-27-46(52-42-21-11-9-19-39(42)40-20-10-12-22-43(40)52)47(28-34(33)31-50)53-44-26-24-37(51(35-14-3-1-4-15-35)36-16-5-2-6-17-36)29-41(44)48-38-18-8-7-13-32(38)23-25-45(48)53/h1-29H. The lowest BCUT2D eigenvalue weighted by Crippen LogP contribution is -2.09. The van der Waals surface area contributed by atoms with Gasteiger partial charge in [-0.1, -0.05) is 103 Å². The van der Waals surface area contributed by atoms with E-state index in [1.165, 1.54) is 0 Å². The van der Waals surface area contributed by atoms with E-state index in [0.29, 0.717) is 11.1 Å². The average Bonchev–Trinajstić information content (AvgIpc) is 3.74. The highest BCUT2D eigenvalue weighted by Crippen LogP contribution is 2.44. The van der Waals surface area contributed by atoms with Crippen molar-refractivity contribution < 1.29 is 0 Å². The van der Waals surface area contributed by atoms with Crippen molar-refractivity contribution in [1.29, 1.82) is 10.5 Å². The fourth-order valence-electron chi connectivity index (χ4n) is 8.08. The molecule has 8 aromatic carbocycles. The van der Waals surface area contributed by atoms with Crippen molar-refractivity contribution in [3.05, 3.63) is 187 Å². The van der Waals surface area contributed by atoms with Gasteiger partial charge in [-0.3, -0.25) is 0 Å². The highest BCUT2D eigenvalue weighted by Gasteiger charge is 2.23. The number of para-hydroxylation sites is 4. The van der Waals surface area contributed by atoms with Gasteiger partial charge < -0.3 is 14.0 Å². The van der Waals surface area contributed by atoms with Crippen molar-refractivity contribution in [2.45, 2.75) is 0 Å². The van der Waals surface area contributed by atoms with Gasteiger partial charge in [0.05, 0.1) is 44.6 Å². The van der Waals surface area contributed by atoms with Crippen LogP contribution < -0.4 is 4.90 Å². The number of fused-ring (bicyclic) bond motifs is 8. The Kier molecular flexibility index (Phi) is 6.86. The van der Waals surface area contributed by atoms with Crippen LogP contribution in [0, 0.1) is 22.7 Å². The van der Waals surface area contributed by atoms with E-state index in [1.807, 2.05) is 36.4 Å². The molecule has 0 bridgehead atoms. The second-order valence-electron chi connectivity index (χ2n) is 13.2. The van der Waals surface area contributed by atoms with Gasteiger partial charge in [-0.25, -0.2) is 0 Å². The Morgan fingerprint density at radius 1 is 0.377 bits per heavy atom. The van der Waals surface area contributed by atoms with Gasteiger partial charge in [0.25, 0.3) is 0 Å². The summed E-state index contributed by atoms with van der Waals surface area (Å²) < 4.78 is 4.51. The maximum Gasteiger partial charge on any atom is 0.101 e. The van der Waals surface area contributed by atoms with Crippen molar-refractivity contribution in [1.82, 2.24) is 9.13 Å². The van der Waals surface area contributed by atoms with Gasteiger partial charge in [-0.2, -0.15) is 10.5 Å². The fourth-order valence-corrected chi connectivity index (χ4v) is 8.08. The van der Waals surface area contributed by atoms with Crippen LogP contribution in [0.25, 0.3) is 65.8 Å². The van der Waals surface area contributed by atoms with Crippen LogP contribution in [0.1, 0.15) is 11.1 Å². The molecule has 10 rings (SSSR count). The highest BCUT2D eigenvalue weighted by molar-refractivity contribution is 6.22. The maximum atomic E-state index is 10.4. The van der Waals surface area contributed by atoms with Crippen LogP contribution in [0.15, 0.2) is 176 Å². The topological polar surface area (TPSA) is 60.7 Å². The molecule has 2 aromatic heterocycles. The van der Waals surface area contributed by atoms with Gasteiger partial charge in [0.2, 0.25) is 0 Å². The third-order valence-corrected chi connectivity index (χ3v) is 10.3. The number of nitrogens with zero attached hydrogens (tertiary/aromatic N) is 5. The Balaban J connectivity index is 1.35. The zero-order valence-electron chi connectivity index (χ0n) is 28.5. The Labute approximate surface area is 305 Å². The molecule has 0 amide bonds. The van der Waals surface area contributed by atoms with Crippen molar-refractivity contribution in [3.8, 4) is 23.5 Å². The van der Waals surface area contributed by atoms with E-state index in [9.17, 15) is 10.5 Å². The Bertz CT molecular complexity index is 3050. The van der Waals surface area contributed by atoms with E-state index in [0.717, 1.165) is 82.8 Å². The van der Waals surface area contributed by atoms with E-state index >= 15 is 0 Å². The van der Waals surface area contributed by atoms with Crippen LogP contribution in [0.3, 0.4) is 0 Å². The molecule has 0 saturated carbocycles. The predicted octanol–water partition coefficient (Wildman–Crippen LogP) is 12.2. The summed E-state index contributed by atoms with van der Waals surface area (Å²) in [7, 11) is 0. The minimum atomic E-state index is 0.332. The first-order chi connectivity index (χ1) is 26.2. The summed E-state index contributed by atoms with van der Waals surface area (Å²) in [6, 6.07) is 65.5. The van der Waals surface area contributed by atoms with Crippen molar-refractivity contribution in [2.75, 3.05) is 4.90 Å². The fraction of sp³-hybridized carbons (Fsp3) is 0. The monoisotopic (exact) mass is 675 g/mol. The maximum absolute atomic E-state index is 10.4. The first-order valence-corrected chi connectivity index (χ1v) is 17.6. The quantitative estimate of drug-likeness (QED) is 0.182. The minimum Gasteiger partial charge on any atom is -0.310 e. The lowest BCUT2D eigenvalue weighted by atomic mass is 10.0. The molecular formula is C48H29N5. The number of hydrogen-bond donors (Lipinski definition) is 0. The average molecular weight is 676 g/mol. The Morgan fingerprint density at radius 2 is 0.849 bits per heavy atom. The van der Waals surface area contributed by atoms with Crippen molar-refractivity contribution in [2.24, 2.45) is 0 Å². The summed E-state index contributed by atoms with van der Waals surface area (Å²) in [5.74, 6) is 0. The van der Waals surface area contributed by atoms with E-state index in [4.69, 9.17) is 0 Å².